The maximum absolute atomic E-state index is 13.5. The highest BCUT2D eigenvalue weighted by Crippen LogP contribution is 2.34. The molecule has 0 aliphatic carbocycles. The van der Waals surface area contributed by atoms with Crippen LogP contribution in [0, 0.1) is 6.92 Å². The van der Waals surface area contributed by atoms with Crippen LogP contribution in [0.2, 0.25) is 0 Å². The number of amides is 3. The minimum Gasteiger partial charge on any atom is -0.438 e. The van der Waals surface area contributed by atoms with E-state index in [1.807, 2.05) is 43.3 Å². The van der Waals surface area contributed by atoms with Crippen LogP contribution in [-0.4, -0.2) is 38.8 Å². The van der Waals surface area contributed by atoms with Crippen LogP contribution in [0.3, 0.4) is 0 Å². The average molecular weight is 522 g/mol. The number of aryl methyl sites for hydroxylation is 1. The van der Waals surface area contributed by atoms with E-state index in [1.165, 1.54) is 11.1 Å². The van der Waals surface area contributed by atoms with Gasteiger partial charge in [0.1, 0.15) is 0 Å². The van der Waals surface area contributed by atoms with Crippen molar-refractivity contribution in [3.63, 3.8) is 0 Å². The summed E-state index contributed by atoms with van der Waals surface area (Å²) in [4.78, 5) is 48.7. The van der Waals surface area contributed by atoms with Gasteiger partial charge in [0.15, 0.2) is 12.1 Å². The summed E-state index contributed by atoms with van der Waals surface area (Å²) < 4.78 is 5.75. The molecule has 2 aromatic heterocycles. The van der Waals surface area contributed by atoms with Gasteiger partial charge < -0.3 is 15.4 Å². The first-order valence-corrected chi connectivity index (χ1v) is 12.5. The summed E-state index contributed by atoms with van der Waals surface area (Å²) in [5.41, 5.74) is 4.27. The molecule has 1 saturated heterocycles. The number of cyclic esters (lactones) is 1. The third-order valence-electron chi connectivity index (χ3n) is 6.38. The predicted molar refractivity (Wildman–Crippen MR) is 144 cm³/mol. The molecule has 39 heavy (non-hydrogen) atoms. The molecule has 0 spiro atoms. The predicted octanol–water partition coefficient (Wildman–Crippen LogP) is 4.42. The number of ether oxygens (including phenoxy) is 1. The van der Waals surface area contributed by atoms with Crippen molar-refractivity contribution in [3.05, 3.63) is 125 Å². The molecule has 1 aliphatic rings. The first-order chi connectivity index (χ1) is 19.0. The zero-order valence-electron chi connectivity index (χ0n) is 21.3. The normalized spacial score (nSPS) is 16.4. The van der Waals surface area contributed by atoms with Gasteiger partial charge in [-0.2, -0.15) is 0 Å². The molecule has 0 saturated carbocycles. The summed E-state index contributed by atoms with van der Waals surface area (Å²) in [5, 5.41) is 5.73. The van der Waals surface area contributed by atoms with E-state index in [0.717, 1.165) is 11.1 Å². The summed E-state index contributed by atoms with van der Waals surface area (Å²) in [5.74, 6) is -0.641. The second-order valence-corrected chi connectivity index (χ2v) is 9.22. The molecular weight excluding hydrogens is 494 g/mol. The molecule has 9 heteroatoms. The largest absolute Gasteiger partial charge is 0.438 e. The van der Waals surface area contributed by atoms with E-state index in [4.69, 9.17) is 4.74 Å². The molecule has 3 amide bonds. The monoisotopic (exact) mass is 521 g/mol. The molecule has 1 fully saturated rings. The van der Waals surface area contributed by atoms with Crippen molar-refractivity contribution in [3.8, 4) is 0 Å². The summed E-state index contributed by atoms with van der Waals surface area (Å²) in [6, 6.07) is 22.6. The molecule has 4 aromatic rings. The second kappa shape index (κ2) is 11.6. The summed E-state index contributed by atoms with van der Waals surface area (Å²) in [6.45, 7) is 2.41. The molecule has 0 unspecified atom stereocenters. The van der Waals surface area contributed by atoms with E-state index in [2.05, 4.69) is 20.6 Å². The van der Waals surface area contributed by atoms with E-state index >= 15 is 0 Å². The quantitative estimate of drug-likeness (QED) is 0.355. The van der Waals surface area contributed by atoms with Gasteiger partial charge in [0.05, 0.1) is 24.3 Å². The molecule has 1 aliphatic heterocycles. The van der Waals surface area contributed by atoms with Crippen molar-refractivity contribution in [2.75, 3.05) is 5.32 Å². The number of hydrogen-bond acceptors (Lipinski definition) is 6. The van der Waals surface area contributed by atoms with Crippen molar-refractivity contribution in [1.82, 2.24) is 20.2 Å². The number of hydrogen-bond donors (Lipinski definition) is 2. The number of anilines is 1. The summed E-state index contributed by atoms with van der Waals surface area (Å²) in [6.07, 6.45) is 3.33. The van der Waals surface area contributed by atoms with Crippen LogP contribution in [0.25, 0.3) is 0 Å². The number of carbonyl (C=O) groups is 3. The van der Waals surface area contributed by atoms with E-state index in [0.29, 0.717) is 22.5 Å². The van der Waals surface area contributed by atoms with E-state index < -0.39 is 18.2 Å². The summed E-state index contributed by atoms with van der Waals surface area (Å²) >= 11 is 0. The number of rotatable bonds is 8. The van der Waals surface area contributed by atoms with Crippen LogP contribution in [0.15, 0.2) is 97.5 Å². The second-order valence-electron chi connectivity index (χ2n) is 9.22. The van der Waals surface area contributed by atoms with Gasteiger partial charge in [-0.3, -0.25) is 24.5 Å². The van der Waals surface area contributed by atoms with Crippen molar-refractivity contribution in [2.24, 2.45) is 0 Å². The Morgan fingerprint density at radius 3 is 2.54 bits per heavy atom. The first-order valence-electron chi connectivity index (χ1n) is 12.5. The Kier molecular flexibility index (Phi) is 7.58. The van der Waals surface area contributed by atoms with Crippen LogP contribution < -0.4 is 10.6 Å². The van der Waals surface area contributed by atoms with Gasteiger partial charge in [-0.1, -0.05) is 48.0 Å². The van der Waals surface area contributed by atoms with Gasteiger partial charge in [-0.05, 0) is 54.4 Å². The standard InChI is InChI=1S/C30H27N5O4/c1-20-6-4-7-21(16-20)19-35-26(29(37)33-18-25-9-2-3-15-32-25)27(39-30(35)38)22-10-12-24(13-11-22)34-28(36)23-8-5-14-31-17-23/h2-17,26-27H,18-19H2,1H3,(H,33,37)(H,34,36)/t26-,27+/m0/s1. The van der Waals surface area contributed by atoms with Gasteiger partial charge >= 0.3 is 6.09 Å². The van der Waals surface area contributed by atoms with Crippen molar-refractivity contribution >= 4 is 23.6 Å². The number of nitrogens with one attached hydrogen (secondary N) is 2. The number of benzene rings is 2. The fourth-order valence-electron chi connectivity index (χ4n) is 4.46. The van der Waals surface area contributed by atoms with Crippen LogP contribution in [0.1, 0.15) is 38.8 Å². The van der Waals surface area contributed by atoms with Crippen LogP contribution in [-0.2, 0) is 22.6 Å². The fourth-order valence-corrected chi connectivity index (χ4v) is 4.46. The smallest absolute Gasteiger partial charge is 0.411 e. The fraction of sp³-hybridized carbons (Fsp3) is 0.167. The highest BCUT2D eigenvalue weighted by molar-refractivity contribution is 6.04. The van der Waals surface area contributed by atoms with E-state index in [-0.39, 0.29) is 24.9 Å². The molecule has 196 valence electrons. The molecule has 9 nitrogen and oxygen atoms in total. The Balaban J connectivity index is 1.37. The lowest BCUT2D eigenvalue weighted by molar-refractivity contribution is -0.126. The highest BCUT2D eigenvalue weighted by atomic mass is 16.6. The van der Waals surface area contributed by atoms with Crippen molar-refractivity contribution in [2.45, 2.75) is 32.2 Å². The Hall–Kier alpha value is -5.05. The Morgan fingerprint density at radius 2 is 1.82 bits per heavy atom. The Morgan fingerprint density at radius 1 is 0.974 bits per heavy atom. The number of pyridine rings is 2. The van der Waals surface area contributed by atoms with Crippen LogP contribution in [0.5, 0.6) is 0 Å². The number of nitrogens with zero attached hydrogens (tertiary/aromatic N) is 3. The molecule has 2 N–H and O–H groups in total. The first kappa shape index (κ1) is 25.6. The van der Waals surface area contributed by atoms with Crippen molar-refractivity contribution < 1.29 is 19.1 Å². The molecule has 2 aromatic carbocycles. The molecule has 0 radical (unpaired) electrons. The van der Waals surface area contributed by atoms with Gasteiger partial charge in [-0.25, -0.2) is 4.79 Å². The van der Waals surface area contributed by atoms with Gasteiger partial charge in [-0.15, -0.1) is 0 Å². The lowest BCUT2D eigenvalue weighted by Crippen LogP contribution is -2.46. The van der Waals surface area contributed by atoms with E-state index in [1.54, 1.807) is 54.9 Å². The molecular formula is C30H27N5O4. The van der Waals surface area contributed by atoms with Crippen molar-refractivity contribution in [1.29, 1.82) is 0 Å². The Labute approximate surface area is 225 Å². The Bertz CT molecular complexity index is 1460. The van der Waals surface area contributed by atoms with E-state index in [9.17, 15) is 14.4 Å². The zero-order chi connectivity index (χ0) is 27.2. The molecule has 2 atom stereocenters. The molecule has 3 heterocycles. The van der Waals surface area contributed by atoms with Crippen LogP contribution in [0.4, 0.5) is 10.5 Å². The van der Waals surface area contributed by atoms with Gasteiger partial charge in [0, 0.05) is 24.3 Å². The topological polar surface area (TPSA) is 114 Å². The lowest BCUT2D eigenvalue weighted by Gasteiger charge is -2.24. The molecule has 0 bridgehead atoms. The maximum atomic E-state index is 13.5. The minimum atomic E-state index is -0.905. The average Bonchev–Trinajstić information content (AvgIpc) is 3.28. The maximum Gasteiger partial charge on any atom is 0.411 e. The third-order valence-corrected chi connectivity index (χ3v) is 6.38. The lowest BCUT2D eigenvalue weighted by atomic mass is 10.00. The zero-order valence-corrected chi connectivity index (χ0v) is 21.3. The highest BCUT2D eigenvalue weighted by Gasteiger charge is 2.47. The van der Waals surface area contributed by atoms with Gasteiger partial charge in [0.2, 0.25) is 5.91 Å². The van der Waals surface area contributed by atoms with Gasteiger partial charge in [0.25, 0.3) is 5.91 Å². The molecule has 5 rings (SSSR count). The van der Waals surface area contributed by atoms with Crippen LogP contribution >= 0.6 is 0 Å². The number of carbonyl (C=O) groups excluding carboxylic acids is 3. The SMILES string of the molecule is Cc1cccc(CN2C(=O)O[C@H](c3ccc(NC(=O)c4cccnc4)cc3)[C@H]2C(=O)NCc2ccccn2)c1. The minimum absolute atomic E-state index is 0.217. The number of aromatic nitrogens is 2. The third kappa shape index (κ3) is 6.10. The summed E-state index contributed by atoms with van der Waals surface area (Å²) in [7, 11) is 0.